The highest BCUT2D eigenvalue weighted by Crippen LogP contribution is 2.77. The van der Waals surface area contributed by atoms with Gasteiger partial charge < -0.3 is 9.47 Å². The van der Waals surface area contributed by atoms with Crippen LogP contribution in [0, 0.1) is 40.4 Å². The first kappa shape index (κ1) is 14.5. The molecule has 5 aliphatic carbocycles. The zero-order chi connectivity index (χ0) is 15.7. The van der Waals surface area contributed by atoms with Crippen molar-refractivity contribution in [2.45, 2.75) is 45.4 Å². The summed E-state index contributed by atoms with van der Waals surface area (Å²) in [6.45, 7) is 2.16. The summed E-state index contributed by atoms with van der Waals surface area (Å²) in [5.41, 5.74) is -0.108. The molecule has 4 bridgehead atoms. The van der Waals surface area contributed by atoms with Crippen LogP contribution in [0.2, 0.25) is 0 Å². The standard InChI is InChI=1S/C18H26O4/c1-17(13(15(19)21-2)14(17)16(20)22-3)18-7-10-4-11(8-18)6-12(5-10)9-18/h10-14H,4-9H2,1-3H3. The number of hydrogen-bond acceptors (Lipinski definition) is 4. The first-order valence-electron chi connectivity index (χ1n) is 8.61. The number of carbonyl (C=O) groups is 2. The molecule has 0 amide bonds. The predicted molar refractivity (Wildman–Crippen MR) is 79.7 cm³/mol. The van der Waals surface area contributed by atoms with Crippen LogP contribution in [0.15, 0.2) is 0 Å². The average molecular weight is 306 g/mol. The summed E-state index contributed by atoms with van der Waals surface area (Å²) in [4.78, 5) is 24.6. The van der Waals surface area contributed by atoms with Gasteiger partial charge in [-0.3, -0.25) is 9.59 Å². The minimum atomic E-state index is -0.304. The van der Waals surface area contributed by atoms with Crippen LogP contribution in [0.5, 0.6) is 0 Å². The Kier molecular flexibility index (Phi) is 2.96. The molecule has 0 saturated heterocycles. The van der Waals surface area contributed by atoms with E-state index >= 15 is 0 Å². The second kappa shape index (κ2) is 4.48. The SMILES string of the molecule is COC(=O)C1C(C(=O)OC)C1(C)C12CC3CC(CC(C3)C1)C2. The molecule has 4 heteroatoms. The highest BCUT2D eigenvalue weighted by atomic mass is 16.5. The summed E-state index contributed by atoms with van der Waals surface area (Å²) in [6, 6.07) is 0. The van der Waals surface area contributed by atoms with Crippen LogP contribution in [-0.4, -0.2) is 26.2 Å². The van der Waals surface area contributed by atoms with E-state index in [0.717, 1.165) is 17.8 Å². The maximum atomic E-state index is 12.3. The summed E-state index contributed by atoms with van der Waals surface area (Å²) in [6.07, 6.45) is 7.66. The molecule has 4 nitrogen and oxygen atoms in total. The fraction of sp³-hybridized carbons (Fsp3) is 0.889. The van der Waals surface area contributed by atoms with Crippen LogP contribution >= 0.6 is 0 Å². The van der Waals surface area contributed by atoms with Crippen LogP contribution in [-0.2, 0) is 19.1 Å². The van der Waals surface area contributed by atoms with Gasteiger partial charge in [0.05, 0.1) is 26.1 Å². The number of esters is 2. The van der Waals surface area contributed by atoms with Crippen molar-refractivity contribution in [3.8, 4) is 0 Å². The van der Waals surface area contributed by atoms with Crippen molar-refractivity contribution in [3.05, 3.63) is 0 Å². The Hall–Kier alpha value is -1.06. The Labute approximate surface area is 131 Å². The molecule has 0 aliphatic heterocycles. The van der Waals surface area contributed by atoms with Crippen molar-refractivity contribution in [1.29, 1.82) is 0 Å². The van der Waals surface area contributed by atoms with Gasteiger partial charge in [0.25, 0.3) is 0 Å². The molecular formula is C18H26O4. The second-order valence-electron chi connectivity index (χ2n) is 8.48. The van der Waals surface area contributed by atoms with Gasteiger partial charge in [-0.25, -0.2) is 0 Å². The Bertz CT molecular complexity index is 466. The molecule has 0 spiro atoms. The number of methoxy groups -OCH3 is 2. The first-order chi connectivity index (χ1) is 10.4. The number of rotatable bonds is 3. The summed E-state index contributed by atoms with van der Waals surface area (Å²) < 4.78 is 10.0. The van der Waals surface area contributed by atoms with Crippen molar-refractivity contribution in [2.24, 2.45) is 40.4 Å². The molecule has 0 N–H and O–H groups in total. The van der Waals surface area contributed by atoms with E-state index in [1.54, 1.807) is 0 Å². The zero-order valence-electron chi connectivity index (χ0n) is 13.8. The Balaban J connectivity index is 1.70. The molecule has 0 aromatic heterocycles. The quantitative estimate of drug-likeness (QED) is 0.752. The van der Waals surface area contributed by atoms with E-state index in [1.165, 1.54) is 52.7 Å². The van der Waals surface area contributed by atoms with E-state index in [9.17, 15) is 9.59 Å². The summed E-state index contributed by atoms with van der Waals surface area (Å²) in [5, 5.41) is 0. The molecule has 5 saturated carbocycles. The summed E-state index contributed by atoms with van der Waals surface area (Å²) in [7, 11) is 2.85. The molecule has 2 unspecified atom stereocenters. The van der Waals surface area contributed by atoms with E-state index in [2.05, 4.69) is 6.92 Å². The Morgan fingerprint density at radius 3 is 1.50 bits per heavy atom. The number of carbonyl (C=O) groups excluding carboxylic acids is 2. The molecule has 0 radical (unpaired) electrons. The summed E-state index contributed by atoms with van der Waals surface area (Å²) in [5.74, 6) is 1.35. The largest absolute Gasteiger partial charge is 0.469 e. The van der Waals surface area contributed by atoms with E-state index < -0.39 is 0 Å². The summed E-state index contributed by atoms with van der Waals surface area (Å²) >= 11 is 0. The first-order valence-corrected chi connectivity index (χ1v) is 8.61. The smallest absolute Gasteiger partial charge is 0.310 e. The van der Waals surface area contributed by atoms with Gasteiger partial charge in [0.15, 0.2) is 0 Å². The van der Waals surface area contributed by atoms with Gasteiger partial charge in [0.1, 0.15) is 0 Å². The van der Waals surface area contributed by atoms with Gasteiger partial charge in [0.2, 0.25) is 0 Å². The Morgan fingerprint density at radius 1 is 0.818 bits per heavy atom. The fourth-order valence-electron chi connectivity index (χ4n) is 6.96. The minimum Gasteiger partial charge on any atom is -0.469 e. The lowest BCUT2D eigenvalue weighted by atomic mass is 9.45. The highest BCUT2D eigenvalue weighted by molar-refractivity contribution is 5.90. The van der Waals surface area contributed by atoms with Gasteiger partial charge in [-0.05, 0) is 61.7 Å². The van der Waals surface area contributed by atoms with E-state index in [-0.39, 0.29) is 34.6 Å². The average Bonchev–Trinajstić information content (AvgIpc) is 3.12. The van der Waals surface area contributed by atoms with Gasteiger partial charge in [0, 0.05) is 5.41 Å². The topological polar surface area (TPSA) is 52.6 Å². The number of hydrogen-bond donors (Lipinski definition) is 0. The third-order valence-corrected chi connectivity index (χ3v) is 7.61. The normalized spacial score (nSPS) is 51.5. The molecule has 2 atom stereocenters. The minimum absolute atomic E-state index is 0.152. The van der Waals surface area contributed by atoms with Crippen molar-refractivity contribution in [1.82, 2.24) is 0 Å². The molecule has 122 valence electrons. The predicted octanol–water partition coefficient (Wildman–Crippen LogP) is 2.80. The van der Waals surface area contributed by atoms with Crippen molar-refractivity contribution >= 4 is 11.9 Å². The fourth-order valence-corrected chi connectivity index (χ4v) is 6.96. The molecule has 5 fully saturated rings. The number of ether oxygens (including phenoxy) is 2. The highest BCUT2D eigenvalue weighted by Gasteiger charge is 2.78. The van der Waals surface area contributed by atoms with Crippen LogP contribution in [0.1, 0.15) is 45.4 Å². The Morgan fingerprint density at radius 2 is 1.18 bits per heavy atom. The third-order valence-electron chi connectivity index (χ3n) is 7.61. The van der Waals surface area contributed by atoms with E-state index in [1.807, 2.05) is 0 Å². The maximum Gasteiger partial charge on any atom is 0.310 e. The molecule has 5 rings (SSSR count). The van der Waals surface area contributed by atoms with Crippen LogP contribution in [0.25, 0.3) is 0 Å². The van der Waals surface area contributed by atoms with Gasteiger partial charge in [-0.15, -0.1) is 0 Å². The van der Waals surface area contributed by atoms with Crippen LogP contribution < -0.4 is 0 Å². The maximum absolute atomic E-state index is 12.3. The molecule has 5 aliphatic rings. The van der Waals surface area contributed by atoms with Gasteiger partial charge in [-0.1, -0.05) is 6.92 Å². The molecule has 0 aromatic rings. The molecule has 0 heterocycles. The van der Waals surface area contributed by atoms with Crippen LogP contribution in [0.3, 0.4) is 0 Å². The molecule has 0 aromatic carbocycles. The molecular weight excluding hydrogens is 280 g/mol. The second-order valence-corrected chi connectivity index (χ2v) is 8.48. The van der Waals surface area contributed by atoms with Crippen molar-refractivity contribution in [3.63, 3.8) is 0 Å². The van der Waals surface area contributed by atoms with E-state index in [4.69, 9.17) is 9.47 Å². The van der Waals surface area contributed by atoms with Crippen molar-refractivity contribution in [2.75, 3.05) is 14.2 Å². The van der Waals surface area contributed by atoms with Gasteiger partial charge >= 0.3 is 11.9 Å². The van der Waals surface area contributed by atoms with E-state index in [0.29, 0.717) is 0 Å². The van der Waals surface area contributed by atoms with Crippen LogP contribution in [0.4, 0.5) is 0 Å². The zero-order valence-corrected chi connectivity index (χ0v) is 13.8. The van der Waals surface area contributed by atoms with Crippen molar-refractivity contribution < 1.29 is 19.1 Å². The monoisotopic (exact) mass is 306 g/mol. The lowest BCUT2D eigenvalue weighted by Crippen LogP contribution is -2.51. The van der Waals surface area contributed by atoms with Gasteiger partial charge in [-0.2, -0.15) is 0 Å². The lowest BCUT2D eigenvalue weighted by Gasteiger charge is -2.60. The molecule has 22 heavy (non-hydrogen) atoms. The lowest BCUT2D eigenvalue weighted by molar-refractivity contribution is -0.148. The third kappa shape index (κ3) is 1.64.